The van der Waals surface area contributed by atoms with Gasteiger partial charge in [0.15, 0.2) is 0 Å². The van der Waals surface area contributed by atoms with Crippen molar-refractivity contribution >= 4 is 6.29 Å². The van der Waals surface area contributed by atoms with Crippen molar-refractivity contribution in [1.82, 2.24) is 0 Å². The highest BCUT2D eigenvalue weighted by Crippen LogP contribution is 2.30. The van der Waals surface area contributed by atoms with Crippen molar-refractivity contribution < 1.29 is 4.79 Å². The zero-order valence-corrected chi connectivity index (χ0v) is 14.1. The number of carbonyl (C=O) groups is 1. The van der Waals surface area contributed by atoms with Gasteiger partial charge in [-0.3, -0.25) is 0 Å². The summed E-state index contributed by atoms with van der Waals surface area (Å²) in [7, 11) is 0. The Morgan fingerprint density at radius 2 is 1.45 bits per heavy atom. The Morgan fingerprint density at radius 1 is 1.05 bits per heavy atom. The molecule has 0 heterocycles. The van der Waals surface area contributed by atoms with Crippen LogP contribution in [0, 0.1) is 34.0 Å². The lowest BCUT2D eigenvalue weighted by molar-refractivity contribution is -0.109. The zero-order chi connectivity index (χ0) is 16.4. The minimum atomic E-state index is 0.0729. The van der Waals surface area contributed by atoms with E-state index in [1.54, 1.807) is 0 Å². The van der Waals surface area contributed by atoms with Gasteiger partial charge in [-0.1, -0.05) is 53.7 Å². The molecule has 2 unspecified atom stereocenters. The predicted molar refractivity (Wildman–Crippen MR) is 87.2 cm³/mol. The molecular formula is C18H31NO. The largest absolute Gasteiger partial charge is 0.303 e. The lowest BCUT2D eigenvalue weighted by atomic mass is 9.78. The normalized spacial score (nSPS) is 14.1. The van der Waals surface area contributed by atoms with Crippen LogP contribution < -0.4 is 0 Å². The van der Waals surface area contributed by atoms with E-state index in [1.165, 1.54) is 0 Å². The number of carbonyl (C=O) groups excluding carboxylic acids is 1. The van der Waals surface area contributed by atoms with Gasteiger partial charge in [0.1, 0.15) is 6.29 Å². The molecule has 0 aromatic rings. The number of hydrogen-bond donors (Lipinski definition) is 0. The highest BCUT2D eigenvalue weighted by Gasteiger charge is 2.23. The van der Waals surface area contributed by atoms with Crippen molar-refractivity contribution in [3.05, 3.63) is 25.3 Å². The molecular weight excluding hydrogens is 246 g/mol. The zero-order valence-electron chi connectivity index (χ0n) is 14.1. The topological polar surface area (TPSA) is 40.9 Å². The van der Waals surface area contributed by atoms with Crippen molar-refractivity contribution in [1.29, 1.82) is 5.26 Å². The number of allylic oxidation sites excluding steroid dienone is 2. The maximum atomic E-state index is 10.2. The highest BCUT2D eigenvalue weighted by atomic mass is 16.1. The van der Waals surface area contributed by atoms with Crippen molar-refractivity contribution in [3.63, 3.8) is 0 Å². The molecule has 0 amide bonds. The maximum Gasteiger partial charge on any atom is 0.120 e. The standard InChI is InChI=1S/C9H15N.C9H16O/c2*1-5-8(2)9(3,4)6-7-10/h5,8H,1,6H2,2-4H3;5,7-8H,1,6H2,2-4H3. The second-order valence-electron chi connectivity index (χ2n) is 6.73. The first-order chi connectivity index (χ1) is 9.08. The quantitative estimate of drug-likeness (QED) is 0.475. The Hall–Kier alpha value is -1.36. The first-order valence-electron chi connectivity index (χ1n) is 7.14. The molecule has 0 fully saturated rings. The average Bonchev–Trinajstić information content (AvgIpc) is 2.37. The third-order valence-corrected chi connectivity index (χ3v) is 4.32. The molecule has 2 atom stereocenters. The SMILES string of the molecule is C=CC(C)C(C)(C)CC#N.C=CC(C)C(C)(C)CC=O. The van der Waals surface area contributed by atoms with Crippen LogP contribution in [-0.4, -0.2) is 6.29 Å². The number of nitriles is 1. The maximum absolute atomic E-state index is 10.2. The molecule has 2 heteroatoms. The third-order valence-electron chi connectivity index (χ3n) is 4.32. The van der Waals surface area contributed by atoms with E-state index in [-0.39, 0.29) is 10.8 Å². The van der Waals surface area contributed by atoms with E-state index >= 15 is 0 Å². The Bertz CT molecular complexity index is 347. The molecule has 0 bridgehead atoms. The molecule has 114 valence electrons. The fourth-order valence-corrected chi connectivity index (χ4v) is 1.40. The van der Waals surface area contributed by atoms with Crippen LogP contribution in [0.1, 0.15) is 54.4 Å². The van der Waals surface area contributed by atoms with E-state index in [0.29, 0.717) is 24.7 Å². The minimum Gasteiger partial charge on any atom is -0.303 e. The number of nitrogens with zero attached hydrogens (tertiary/aromatic N) is 1. The summed E-state index contributed by atoms with van der Waals surface area (Å²) in [5.74, 6) is 0.810. The van der Waals surface area contributed by atoms with Gasteiger partial charge in [-0.2, -0.15) is 5.26 Å². The van der Waals surface area contributed by atoms with Crippen LogP contribution in [-0.2, 0) is 4.79 Å². The summed E-state index contributed by atoms with van der Waals surface area (Å²) >= 11 is 0. The second kappa shape index (κ2) is 9.53. The van der Waals surface area contributed by atoms with Gasteiger partial charge in [-0.25, -0.2) is 0 Å². The van der Waals surface area contributed by atoms with Crippen LogP contribution in [0.15, 0.2) is 25.3 Å². The van der Waals surface area contributed by atoms with Crippen molar-refractivity contribution in [2.45, 2.75) is 54.4 Å². The molecule has 0 aromatic heterocycles. The summed E-state index contributed by atoms with van der Waals surface area (Å²) in [6, 6.07) is 2.18. The fourth-order valence-electron chi connectivity index (χ4n) is 1.40. The molecule has 0 N–H and O–H groups in total. The molecule has 0 aliphatic heterocycles. The van der Waals surface area contributed by atoms with Crippen LogP contribution in [0.4, 0.5) is 0 Å². The summed E-state index contributed by atoms with van der Waals surface area (Å²) in [6.45, 7) is 19.9. The van der Waals surface area contributed by atoms with E-state index in [2.05, 4.69) is 60.8 Å². The van der Waals surface area contributed by atoms with E-state index in [0.717, 1.165) is 6.29 Å². The Kier molecular flexibility index (Phi) is 9.98. The average molecular weight is 277 g/mol. The summed E-state index contributed by atoms with van der Waals surface area (Å²) < 4.78 is 0. The molecule has 0 aliphatic rings. The molecule has 0 saturated carbocycles. The Morgan fingerprint density at radius 3 is 1.75 bits per heavy atom. The van der Waals surface area contributed by atoms with Gasteiger partial charge in [-0.15, -0.1) is 13.2 Å². The summed E-state index contributed by atoms with van der Waals surface area (Å²) in [4.78, 5) is 10.2. The molecule has 0 radical (unpaired) electrons. The summed E-state index contributed by atoms with van der Waals surface area (Å²) in [5, 5.41) is 8.46. The highest BCUT2D eigenvalue weighted by molar-refractivity contribution is 5.50. The lowest BCUT2D eigenvalue weighted by Crippen LogP contribution is -2.20. The van der Waals surface area contributed by atoms with Crippen LogP contribution in [0.3, 0.4) is 0 Å². The van der Waals surface area contributed by atoms with Gasteiger partial charge in [0.25, 0.3) is 0 Å². The van der Waals surface area contributed by atoms with E-state index < -0.39 is 0 Å². The number of hydrogen-bond acceptors (Lipinski definition) is 2. The lowest BCUT2D eigenvalue weighted by Gasteiger charge is -2.26. The van der Waals surface area contributed by atoms with Gasteiger partial charge < -0.3 is 4.79 Å². The monoisotopic (exact) mass is 277 g/mol. The van der Waals surface area contributed by atoms with Crippen molar-refractivity contribution in [2.24, 2.45) is 22.7 Å². The van der Waals surface area contributed by atoms with Crippen LogP contribution in [0.25, 0.3) is 0 Å². The molecule has 0 spiro atoms. The van der Waals surface area contributed by atoms with E-state index in [9.17, 15) is 4.79 Å². The molecule has 0 saturated heterocycles. The summed E-state index contributed by atoms with van der Waals surface area (Å²) in [6.07, 6.45) is 5.97. The smallest absolute Gasteiger partial charge is 0.120 e. The van der Waals surface area contributed by atoms with Crippen LogP contribution in [0.5, 0.6) is 0 Å². The summed E-state index contributed by atoms with van der Waals surface area (Å²) in [5.41, 5.74) is 0.153. The first-order valence-corrected chi connectivity index (χ1v) is 7.14. The first kappa shape index (κ1) is 20.9. The minimum absolute atomic E-state index is 0.0729. The van der Waals surface area contributed by atoms with Gasteiger partial charge in [0.2, 0.25) is 0 Å². The van der Waals surface area contributed by atoms with Crippen LogP contribution in [0.2, 0.25) is 0 Å². The second-order valence-corrected chi connectivity index (χ2v) is 6.73. The van der Waals surface area contributed by atoms with E-state index in [1.807, 2.05) is 12.2 Å². The van der Waals surface area contributed by atoms with Crippen LogP contribution >= 0.6 is 0 Å². The molecule has 2 nitrogen and oxygen atoms in total. The van der Waals surface area contributed by atoms with Gasteiger partial charge >= 0.3 is 0 Å². The third kappa shape index (κ3) is 7.94. The van der Waals surface area contributed by atoms with Gasteiger partial charge in [0.05, 0.1) is 6.07 Å². The number of rotatable bonds is 7. The molecule has 0 aliphatic carbocycles. The number of aldehydes is 1. The predicted octanol–water partition coefficient (Wildman–Crippen LogP) is 5.17. The molecule has 0 aromatic carbocycles. The fraction of sp³-hybridized carbons (Fsp3) is 0.667. The van der Waals surface area contributed by atoms with Crippen molar-refractivity contribution in [2.75, 3.05) is 0 Å². The Balaban J connectivity index is 0. The molecule has 0 rings (SSSR count). The molecule has 20 heavy (non-hydrogen) atoms. The Labute approximate surface area is 125 Å². The van der Waals surface area contributed by atoms with Crippen molar-refractivity contribution in [3.8, 4) is 6.07 Å². The van der Waals surface area contributed by atoms with Gasteiger partial charge in [-0.05, 0) is 22.7 Å². The van der Waals surface area contributed by atoms with E-state index in [4.69, 9.17) is 5.26 Å². The van der Waals surface area contributed by atoms with Gasteiger partial charge in [0, 0.05) is 12.8 Å².